The van der Waals surface area contributed by atoms with Gasteiger partial charge >= 0.3 is 0 Å². The summed E-state index contributed by atoms with van der Waals surface area (Å²) < 4.78 is 11.0. The molecule has 0 amide bonds. The van der Waals surface area contributed by atoms with Gasteiger partial charge in [0.15, 0.2) is 17.3 Å². The first-order valence-corrected chi connectivity index (χ1v) is 9.31. The molecule has 0 radical (unpaired) electrons. The van der Waals surface area contributed by atoms with Gasteiger partial charge in [0.05, 0.1) is 25.1 Å². The molecule has 0 saturated heterocycles. The van der Waals surface area contributed by atoms with Gasteiger partial charge in [0.25, 0.3) is 0 Å². The second-order valence-corrected chi connectivity index (χ2v) is 6.88. The number of Topliss-reactive ketones (excluding diaryl/α,β-unsaturated/α-hetero) is 1. The maximum atomic E-state index is 11.9. The van der Waals surface area contributed by atoms with Crippen molar-refractivity contribution in [2.75, 3.05) is 13.7 Å². The third-order valence-corrected chi connectivity index (χ3v) is 5.15. The highest BCUT2D eigenvalue weighted by Gasteiger charge is 2.18. The number of nitrogens with one attached hydrogen (secondary N) is 1. The number of nitrogens with zero attached hydrogens (tertiary/aromatic N) is 1. The van der Waals surface area contributed by atoms with Crippen LogP contribution >= 0.6 is 11.3 Å². The third-order valence-electron chi connectivity index (χ3n) is 4.26. The Bertz CT molecular complexity index is 956. The lowest BCUT2D eigenvalue weighted by Crippen LogP contribution is -1.95. The monoisotopic (exact) mass is 370 g/mol. The molecule has 0 atom stereocenters. The Morgan fingerprint density at radius 3 is 2.65 bits per heavy atom. The van der Waals surface area contributed by atoms with Crippen LogP contribution < -0.4 is 9.47 Å². The number of carbonyl (C=O) groups excluding carboxylic acids is 1. The fourth-order valence-electron chi connectivity index (χ4n) is 3.13. The molecule has 5 nitrogen and oxygen atoms in total. The van der Waals surface area contributed by atoms with Gasteiger partial charge in [-0.1, -0.05) is 0 Å². The zero-order valence-electron chi connectivity index (χ0n) is 15.6. The fourth-order valence-corrected chi connectivity index (χ4v) is 3.94. The molecular weight excluding hydrogens is 348 g/mol. The molecule has 3 aromatic rings. The van der Waals surface area contributed by atoms with Crippen molar-refractivity contribution in [3.8, 4) is 33.5 Å². The van der Waals surface area contributed by atoms with Gasteiger partial charge in [-0.25, -0.2) is 4.98 Å². The first-order valence-electron chi connectivity index (χ1n) is 8.43. The molecule has 26 heavy (non-hydrogen) atoms. The van der Waals surface area contributed by atoms with Gasteiger partial charge in [-0.3, -0.25) is 4.79 Å². The van der Waals surface area contributed by atoms with Crippen molar-refractivity contribution >= 4 is 17.1 Å². The predicted octanol–water partition coefficient (Wildman–Crippen LogP) is 5.03. The van der Waals surface area contributed by atoms with Crippen molar-refractivity contribution in [3.05, 3.63) is 40.4 Å². The van der Waals surface area contributed by atoms with Gasteiger partial charge in [0, 0.05) is 22.2 Å². The summed E-state index contributed by atoms with van der Waals surface area (Å²) in [7, 11) is 1.63. The van der Waals surface area contributed by atoms with E-state index in [1.54, 1.807) is 25.4 Å². The Labute approximate surface area is 157 Å². The smallest absolute Gasteiger partial charge is 0.161 e. The third kappa shape index (κ3) is 3.24. The summed E-state index contributed by atoms with van der Waals surface area (Å²) >= 11 is 1.56. The van der Waals surface area contributed by atoms with E-state index in [4.69, 9.17) is 14.5 Å². The number of aryl methyl sites for hydroxylation is 1. The number of aromatic amines is 1. The summed E-state index contributed by atoms with van der Waals surface area (Å²) in [6.07, 6.45) is 0. The number of thiazole rings is 1. The molecule has 136 valence electrons. The number of hydrogen-bond acceptors (Lipinski definition) is 5. The topological polar surface area (TPSA) is 64.2 Å². The quantitative estimate of drug-likeness (QED) is 0.618. The minimum Gasteiger partial charge on any atom is -0.493 e. The van der Waals surface area contributed by atoms with Crippen LogP contribution in [-0.4, -0.2) is 29.5 Å². The maximum absolute atomic E-state index is 11.9. The van der Waals surface area contributed by atoms with E-state index in [-0.39, 0.29) is 5.78 Å². The molecular formula is C20H22N2O3S. The van der Waals surface area contributed by atoms with Crippen LogP contribution in [0.4, 0.5) is 0 Å². The summed E-state index contributed by atoms with van der Waals surface area (Å²) in [5.74, 6) is 1.47. The molecule has 2 heterocycles. The van der Waals surface area contributed by atoms with Gasteiger partial charge < -0.3 is 14.5 Å². The number of ketones is 1. The van der Waals surface area contributed by atoms with Crippen molar-refractivity contribution in [2.24, 2.45) is 0 Å². The Hall–Kier alpha value is -2.60. The molecule has 0 spiro atoms. The van der Waals surface area contributed by atoms with Crippen molar-refractivity contribution in [1.82, 2.24) is 9.97 Å². The molecule has 1 N–H and O–H groups in total. The first-order chi connectivity index (χ1) is 12.5. The van der Waals surface area contributed by atoms with Crippen LogP contribution in [0.5, 0.6) is 11.5 Å². The number of benzene rings is 1. The average molecular weight is 370 g/mol. The van der Waals surface area contributed by atoms with Gasteiger partial charge in [-0.15, -0.1) is 11.3 Å². The number of methoxy groups -OCH3 is 1. The van der Waals surface area contributed by atoms with Crippen LogP contribution in [0.3, 0.4) is 0 Å². The van der Waals surface area contributed by atoms with Crippen LogP contribution in [0.2, 0.25) is 0 Å². The van der Waals surface area contributed by atoms with Gasteiger partial charge in [-0.05, 0) is 51.5 Å². The minimum atomic E-state index is 0.0641. The Morgan fingerprint density at radius 1 is 1.27 bits per heavy atom. The normalized spacial score (nSPS) is 10.8. The maximum Gasteiger partial charge on any atom is 0.161 e. The molecule has 0 aliphatic rings. The number of aromatic nitrogens is 2. The van der Waals surface area contributed by atoms with E-state index in [2.05, 4.69) is 4.98 Å². The Morgan fingerprint density at radius 2 is 2.04 bits per heavy atom. The highest BCUT2D eigenvalue weighted by atomic mass is 32.1. The van der Waals surface area contributed by atoms with Crippen molar-refractivity contribution < 1.29 is 14.3 Å². The first kappa shape index (κ1) is 18.2. The Balaban J connectivity index is 1.99. The molecule has 0 fully saturated rings. The summed E-state index contributed by atoms with van der Waals surface area (Å²) in [5, 5.41) is 2.89. The van der Waals surface area contributed by atoms with Crippen LogP contribution in [-0.2, 0) is 0 Å². The predicted molar refractivity (Wildman–Crippen MR) is 105 cm³/mol. The molecule has 0 aliphatic heterocycles. The SMILES string of the molecule is CCOc1ccc(-c2nc(-c3[nH]c(C)c(C(C)=O)c3C)cs2)cc1OC. The number of hydrogen-bond donors (Lipinski definition) is 1. The van der Waals surface area contributed by atoms with E-state index in [1.807, 2.05) is 44.4 Å². The molecule has 0 saturated carbocycles. The van der Waals surface area contributed by atoms with Crippen molar-refractivity contribution in [3.63, 3.8) is 0 Å². The lowest BCUT2D eigenvalue weighted by Gasteiger charge is -2.09. The summed E-state index contributed by atoms with van der Waals surface area (Å²) in [6, 6.07) is 5.81. The van der Waals surface area contributed by atoms with Crippen LogP contribution in [0, 0.1) is 13.8 Å². The van der Waals surface area contributed by atoms with Crippen LogP contribution in [0.1, 0.15) is 35.5 Å². The largest absolute Gasteiger partial charge is 0.493 e. The van der Waals surface area contributed by atoms with E-state index in [0.29, 0.717) is 12.4 Å². The molecule has 0 bridgehead atoms. The van der Waals surface area contributed by atoms with E-state index in [0.717, 1.165) is 44.5 Å². The lowest BCUT2D eigenvalue weighted by atomic mass is 10.1. The molecule has 6 heteroatoms. The number of carbonyl (C=O) groups is 1. The highest BCUT2D eigenvalue weighted by molar-refractivity contribution is 7.13. The standard InChI is InChI=1S/C20H22N2O3S/c1-6-25-16-8-7-14(9-17(16)24-5)20-22-15(10-26-20)19-11(2)18(13(4)23)12(3)21-19/h7-10,21H,6H2,1-5H3. The van der Waals surface area contributed by atoms with E-state index in [9.17, 15) is 4.79 Å². The number of ether oxygens (including phenoxy) is 2. The fraction of sp³-hybridized carbons (Fsp3) is 0.300. The summed E-state index contributed by atoms with van der Waals surface area (Å²) in [6.45, 7) is 7.98. The second-order valence-electron chi connectivity index (χ2n) is 6.02. The van der Waals surface area contributed by atoms with Crippen LogP contribution in [0.15, 0.2) is 23.6 Å². The summed E-state index contributed by atoms with van der Waals surface area (Å²) in [4.78, 5) is 19.9. The zero-order valence-corrected chi connectivity index (χ0v) is 16.4. The molecule has 0 aliphatic carbocycles. The molecule has 0 unspecified atom stereocenters. The average Bonchev–Trinajstić information content (AvgIpc) is 3.20. The van der Waals surface area contributed by atoms with Gasteiger partial charge in [0.2, 0.25) is 0 Å². The van der Waals surface area contributed by atoms with Gasteiger partial charge in [0.1, 0.15) is 5.01 Å². The van der Waals surface area contributed by atoms with E-state index < -0.39 is 0 Å². The second kappa shape index (κ2) is 7.33. The summed E-state index contributed by atoms with van der Waals surface area (Å²) in [5.41, 5.74) is 5.27. The van der Waals surface area contributed by atoms with E-state index in [1.165, 1.54) is 0 Å². The van der Waals surface area contributed by atoms with E-state index >= 15 is 0 Å². The minimum absolute atomic E-state index is 0.0641. The molecule has 3 rings (SSSR count). The van der Waals surface area contributed by atoms with Crippen LogP contribution in [0.25, 0.3) is 22.0 Å². The zero-order chi connectivity index (χ0) is 18.8. The lowest BCUT2D eigenvalue weighted by molar-refractivity contribution is 0.101. The molecule has 2 aromatic heterocycles. The van der Waals surface area contributed by atoms with Crippen molar-refractivity contribution in [1.29, 1.82) is 0 Å². The number of rotatable bonds is 6. The van der Waals surface area contributed by atoms with Crippen molar-refractivity contribution in [2.45, 2.75) is 27.7 Å². The Kier molecular flexibility index (Phi) is 5.13. The molecule has 1 aromatic carbocycles. The van der Waals surface area contributed by atoms with Gasteiger partial charge in [-0.2, -0.15) is 0 Å². The highest BCUT2D eigenvalue weighted by Crippen LogP contribution is 2.36. The number of H-pyrrole nitrogens is 1.